The van der Waals surface area contributed by atoms with Crippen molar-refractivity contribution in [2.24, 2.45) is 7.05 Å². The van der Waals surface area contributed by atoms with Crippen LogP contribution in [0, 0.1) is 0 Å². The fourth-order valence-electron chi connectivity index (χ4n) is 3.78. The number of amides is 1. The molecule has 7 nitrogen and oxygen atoms in total. The van der Waals surface area contributed by atoms with Gasteiger partial charge in [-0.1, -0.05) is 35.5 Å². The van der Waals surface area contributed by atoms with Gasteiger partial charge in [-0.25, -0.2) is 4.79 Å². The van der Waals surface area contributed by atoms with Crippen molar-refractivity contribution >= 4 is 51.6 Å². The number of carbonyl (C=O) groups excluding carboxylic acids is 2. The second-order valence-corrected chi connectivity index (χ2v) is 10.2. The van der Waals surface area contributed by atoms with Gasteiger partial charge in [0, 0.05) is 23.4 Å². The fraction of sp³-hybridized carbons (Fsp3) is 0.391. The number of aromatic nitrogens is 3. The molecule has 1 N–H and O–H groups in total. The van der Waals surface area contributed by atoms with Gasteiger partial charge in [-0.05, 0) is 55.9 Å². The van der Waals surface area contributed by atoms with Gasteiger partial charge in [0.1, 0.15) is 10.8 Å². The topological polar surface area (TPSA) is 86.1 Å². The second kappa shape index (κ2) is 10.7. The van der Waals surface area contributed by atoms with Crippen LogP contribution in [-0.2, 0) is 35.8 Å². The van der Waals surface area contributed by atoms with E-state index in [4.69, 9.17) is 16.3 Å². The minimum Gasteiger partial charge on any atom is -0.462 e. The lowest BCUT2D eigenvalue weighted by Crippen LogP contribution is -2.17. The molecule has 0 saturated carbocycles. The van der Waals surface area contributed by atoms with Crippen LogP contribution < -0.4 is 5.32 Å². The highest BCUT2D eigenvalue weighted by Gasteiger charge is 2.27. The van der Waals surface area contributed by atoms with E-state index < -0.39 is 0 Å². The standard InChI is InChI=1S/C23H25ClN4O3S2/c1-3-31-22(30)20-16-6-4-5-7-17(16)33-21(20)25-19(29)13-32-23-27-26-18(28(23)2)12-14-8-10-15(24)11-9-14/h8-11H,3-7,12-13H2,1-2H3,(H,25,29). The Morgan fingerprint density at radius 2 is 1.97 bits per heavy atom. The van der Waals surface area contributed by atoms with Crippen LogP contribution in [0.15, 0.2) is 29.4 Å². The molecule has 2 heterocycles. The van der Waals surface area contributed by atoms with Crippen LogP contribution in [-0.4, -0.2) is 39.0 Å². The summed E-state index contributed by atoms with van der Waals surface area (Å²) < 4.78 is 7.15. The Morgan fingerprint density at radius 3 is 2.73 bits per heavy atom. The van der Waals surface area contributed by atoms with Gasteiger partial charge in [0.05, 0.1) is 17.9 Å². The molecule has 174 valence electrons. The van der Waals surface area contributed by atoms with Crippen LogP contribution in [0.1, 0.15) is 52.0 Å². The fourth-order valence-corrected chi connectivity index (χ4v) is 5.92. The number of nitrogens with one attached hydrogen (secondary N) is 1. The molecule has 0 saturated heterocycles. The van der Waals surface area contributed by atoms with E-state index in [1.807, 2.05) is 35.9 Å². The Kier molecular flexibility index (Phi) is 7.72. The molecule has 1 aromatic carbocycles. The molecule has 0 radical (unpaired) electrons. The third kappa shape index (κ3) is 5.59. The Hall–Kier alpha value is -2.36. The highest BCUT2D eigenvalue weighted by molar-refractivity contribution is 7.99. The summed E-state index contributed by atoms with van der Waals surface area (Å²) in [6.07, 6.45) is 4.55. The molecule has 0 fully saturated rings. The maximum absolute atomic E-state index is 12.7. The summed E-state index contributed by atoms with van der Waals surface area (Å²) in [5.74, 6) is 0.416. The summed E-state index contributed by atoms with van der Waals surface area (Å²) in [4.78, 5) is 26.5. The number of halogens is 1. The molecule has 0 atom stereocenters. The quantitative estimate of drug-likeness (QED) is 0.346. The monoisotopic (exact) mass is 504 g/mol. The number of fused-ring (bicyclic) bond motifs is 1. The maximum atomic E-state index is 12.7. The van der Waals surface area contributed by atoms with E-state index in [0.29, 0.717) is 33.8 Å². The second-order valence-electron chi connectivity index (χ2n) is 7.73. The summed E-state index contributed by atoms with van der Waals surface area (Å²) in [6.45, 7) is 2.09. The SMILES string of the molecule is CCOC(=O)c1c(NC(=O)CSc2nnc(Cc3ccc(Cl)cc3)n2C)sc2c1CCCC2. The Labute approximate surface area is 205 Å². The first-order chi connectivity index (χ1) is 16.0. The molecular formula is C23H25ClN4O3S2. The van der Waals surface area contributed by atoms with Gasteiger partial charge >= 0.3 is 5.97 Å². The van der Waals surface area contributed by atoms with Gasteiger partial charge in [-0.15, -0.1) is 21.5 Å². The first-order valence-corrected chi connectivity index (χ1v) is 13.0. The van der Waals surface area contributed by atoms with E-state index in [0.717, 1.165) is 42.6 Å². The van der Waals surface area contributed by atoms with Gasteiger partial charge < -0.3 is 14.6 Å². The van der Waals surface area contributed by atoms with E-state index in [9.17, 15) is 9.59 Å². The zero-order chi connectivity index (χ0) is 23.4. The van der Waals surface area contributed by atoms with Crippen molar-refractivity contribution in [1.82, 2.24) is 14.8 Å². The van der Waals surface area contributed by atoms with Crippen LogP contribution in [0.3, 0.4) is 0 Å². The number of esters is 1. The number of aryl methyl sites for hydroxylation is 1. The van der Waals surface area contributed by atoms with Crippen LogP contribution in [0.25, 0.3) is 0 Å². The Balaban J connectivity index is 1.41. The van der Waals surface area contributed by atoms with Crippen LogP contribution in [0.4, 0.5) is 5.00 Å². The number of benzene rings is 1. The molecule has 0 unspecified atom stereocenters. The highest BCUT2D eigenvalue weighted by atomic mass is 35.5. The number of rotatable bonds is 8. The van der Waals surface area contributed by atoms with Crippen molar-refractivity contribution < 1.29 is 14.3 Å². The molecule has 10 heteroatoms. The highest BCUT2D eigenvalue weighted by Crippen LogP contribution is 2.38. The lowest BCUT2D eigenvalue weighted by atomic mass is 9.95. The number of anilines is 1. The van der Waals surface area contributed by atoms with Gasteiger partial charge in [0.2, 0.25) is 5.91 Å². The number of hydrogen-bond donors (Lipinski definition) is 1. The van der Waals surface area contributed by atoms with Crippen molar-refractivity contribution in [3.05, 3.63) is 56.7 Å². The normalized spacial score (nSPS) is 12.9. The van der Waals surface area contributed by atoms with E-state index in [1.165, 1.54) is 28.0 Å². The Bertz CT molecular complexity index is 1160. The number of thiophene rings is 1. The maximum Gasteiger partial charge on any atom is 0.341 e. The molecule has 1 amide bonds. The summed E-state index contributed by atoms with van der Waals surface area (Å²) in [5.41, 5.74) is 2.64. The molecule has 1 aliphatic carbocycles. The van der Waals surface area contributed by atoms with Crippen molar-refractivity contribution in [2.75, 3.05) is 17.7 Å². The van der Waals surface area contributed by atoms with Crippen molar-refractivity contribution in [2.45, 2.75) is 44.2 Å². The molecule has 4 rings (SSSR count). The molecule has 2 aromatic heterocycles. The van der Waals surface area contributed by atoms with Crippen LogP contribution in [0.2, 0.25) is 5.02 Å². The van der Waals surface area contributed by atoms with Gasteiger partial charge in [0.15, 0.2) is 5.16 Å². The number of carbonyl (C=O) groups is 2. The summed E-state index contributed by atoms with van der Waals surface area (Å²) in [7, 11) is 1.89. The number of ether oxygens (including phenoxy) is 1. The summed E-state index contributed by atoms with van der Waals surface area (Å²) >= 11 is 8.76. The molecular weight excluding hydrogens is 480 g/mol. The van der Waals surface area contributed by atoms with Crippen molar-refractivity contribution in [3.8, 4) is 0 Å². The Morgan fingerprint density at radius 1 is 1.21 bits per heavy atom. The molecule has 33 heavy (non-hydrogen) atoms. The first kappa shape index (κ1) is 23.8. The van der Waals surface area contributed by atoms with Gasteiger partial charge in [0.25, 0.3) is 0 Å². The summed E-state index contributed by atoms with van der Waals surface area (Å²) in [5, 5.41) is 13.4. The third-order valence-corrected chi connectivity index (χ3v) is 7.92. The van der Waals surface area contributed by atoms with Crippen molar-refractivity contribution in [3.63, 3.8) is 0 Å². The zero-order valence-corrected chi connectivity index (χ0v) is 20.9. The van der Waals surface area contributed by atoms with Crippen LogP contribution in [0.5, 0.6) is 0 Å². The number of nitrogens with zero attached hydrogens (tertiary/aromatic N) is 3. The summed E-state index contributed by atoms with van der Waals surface area (Å²) in [6, 6.07) is 7.61. The average molecular weight is 505 g/mol. The minimum atomic E-state index is -0.361. The number of thioether (sulfide) groups is 1. The van der Waals surface area contributed by atoms with E-state index in [1.54, 1.807) is 6.92 Å². The zero-order valence-electron chi connectivity index (χ0n) is 18.5. The van der Waals surface area contributed by atoms with Gasteiger partial charge in [-0.2, -0.15) is 0 Å². The van der Waals surface area contributed by atoms with Crippen LogP contribution >= 0.6 is 34.7 Å². The average Bonchev–Trinajstić information content (AvgIpc) is 3.33. The first-order valence-electron chi connectivity index (χ1n) is 10.8. The molecule has 3 aromatic rings. The molecule has 1 aliphatic rings. The van der Waals surface area contributed by atoms with E-state index >= 15 is 0 Å². The molecule has 0 bridgehead atoms. The lowest BCUT2D eigenvalue weighted by Gasteiger charge is -2.12. The number of hydrogen-bond acceptors (Lipinski definition) is 7. The molecule has 0 aliphatic heterocycles. The third-order valence-electron chi connectivity index (χ3n) is 5.44. The minimum absolute atomic E-state index is 0.164. The smallest absolute Gasteiger partial charge is 0.341 e. The van der Waals surface area contributed by atoms with E-state index in [-0.39, 0.29) is 17.6 Å². The van der Waals surface area contributed by atoms with Crippen molar-refractivity contribution in [1.29, 1.82) is 0 Å². The molecule has 0 spiro atoms. The van der Waals surface area contributed by atoms with E-state index in [2.05, 4.69) is 15.5 Å². The largest absolute Gasteiger partial charge is 0.462 e. The predicted molar refractivity (Wildman–Crippen MR) is 132 cm³/mol. The predicted octanol–water partition coefficient (Wildman–Crippen LogP) is 4.91. The lowest BCUT2D eigenvalue weighted by molar-refractivity contribution is -0.113. The van der Waals surface area contributed by atoms with Gasteiger partial charge in [-0.3, -0.25) is 4.79 Å².